The molecule has 1 amide bonds. The van der Waals surface area contributed by atoms with Gasteiger partial charge in [-0.2, -0.15) is 0 Å². The van der Waals surface area contributed by atoms with E-state index in [4.69, 9.17) is 9.47 Å². The number of aliphatic hydroxyl groups excluding tert-OH is 1. The van der Waals surface area contributed by atoms with Gasteiger partial charge in [0.25, 0.3) is 0 Å². The average molecular weight is 490 g/mol. The van der Waals surface area contributed by atoms with Gasteiger partial charge >= 0.3 is 5.97 Å². The Morgan fingerprint density at radius 2 is 2.03 bits per heavy atom. The summed E-state index contributed by atoms with van der Waals surface area (Å²) in [6.45, 7) is 9.77. The number of allylic oxidation sites excluding steroid dienone is 3. The molecule has 35 heavy (non-hydrogen) atoms. The highest BCUT2D eigenvalue weighted by atomic mass is 16.6. The normalized spacial score (nSPS) is 30.2. The molecule has 0 aromatic heterocycles. The minimum absolute atomic E-state index is 0.0383. The molecule has 2 heterocycles. The van der Waals surface area contributed by atoms with Crippen LogP contribution >= 0.6 is 0 Å². The van der Waals surface area contributed by atoms with Crippen molar-refractivity contribution in [3.63, 3.8) is 0 Å². The minimum atomic E-state index is -0.301. The lowest BCUT2D eigenvalue weighted by Crippen LogP contribution is -2.37. The van der Waals surface area contributed by atoms with E-state index in [2.05, 4.69) is 39.0 Å². The van der Waals surface area contributed by atoms with Gasteiger partial charge in [-0.3, -0.25) is 9.59 Å². The molecular formula is C29H47NO5. The maximum absolute atomic E-state index is 12.8. The zero-order chi connectivity index (χ0) is 26.0. The monoisotopic (exact) mass is 489 g/mol. The first-order chi connectivity index (χ1) is 16.6. The molecule has 1 fully saturated rings. The molecule has 0 radical (unpaired) electrons. The van der Waals surface area contributed by atoms with Crippen molar-refractivity contribution in [2.24, 2.45) is 11.8 Å². The van der Waals surface area contributed by atoms with Gasteiger partial charge in [0.2, 0.25) is 5.91 Å². The van der Waals surface area contributed by atoms with Gasteiger partial charge in [0.05, 0.1) is 24.4 Å². The molecule has 198 valence electrons. The Hall–Kier alpha value is -1.92. The third kappa shape index (κ3) is 9.92. The summed E-state index contributed by atoms with van der Waals surface area (Å²) < 4.78 is 11.3. The van der Waals surface area contributed by atoms with Crippen LogP contribution in [-0.2, 0) is 19.1 Å². The summed E-state index contributed by atoms with van der Waals surface area (Å²) in [4.78, 5) is 26.1. The molecular weight excluding hydrogens is 442 g/mol. The highest BCUT2D eigenvalue weighted by Crippen LogP contribution is 2.36. The lowest BCUT2D eigenvalue weighted by atomic mass is 9.93. The zero-order valence-corrected chi connectivity index (χ0v) is 22.6. The van der Waals surface area contributed by atoms with Gasteiger partial charge in [0.1, 0.15) is 6.10 Å². The number of rotatable bonds is 9. The van der Waals surface area contributed by atoms with Crippen LogP contribution in [0.25, 0.3) is 0 Å². The molecule has 0 aromatic carbocycles. The maximum atomic E-state index is 12.8. The third-order valence-corrected chi connectivity index (χ3v) is 7.36. The number of amides is 1. The van der Waals surface area contributed by atoms with Crippen molar-refractivity contribution in [2.45, 2.75) is 116 Å². The number of nitrogens with zero attached hydrogens (tertiary/aromatic N) is 1. The fraction of sp³-hybridized carbons (Fsp3) is 0.724. The SMILES string of the molecule is CCC(O)C(C)C1OC1CC(C)/C=C/C=C(\C)C1C/C=C/C(OC(C)=O)CCCCCC(=O)N1C. The topological polar surface area (TPSA) is 79.4 Å². The largest absolute Gasteiger partial charge is 0.458 e. The van der Waals surface area contributed by atoms with E-state index in [9.17, 15) is 14.7 Å². The van der Waals surface area contributed by atoms with Crippen molar-refractivity contribution in [1.82, 2.24) is 4.90 Å². The summed E-state index contributed by atoms with van der Waals surface area (Å²) in [7, 11) is 1.89. The number of aliphatic hydroxyl groups is 1. The summed E-state index contributed by atoms with van der Waals surface area (Å²) in [6, 6.07) is -0.0383. The summed E-state index contributed by atoms with van der Waals surface area (Å²) in [6.07, 6.45) is 16.7. The number of hydrogen-bond donors (Lipinski definition) is 1. The van der Waals surface area contributed by atoms with Gasteiger partial charge in [-0.25, -0.2) is 0 Å². The van der Waals surface area contributed by atoms with Crippen LogP contribution in [0.15, 0.2) is 36.0 Å². The smallest absolute Gasteiger partial charge is 0.303 e. The fourth-order valence-corrected chi connectivity index (χ4v) is 4.92. The molecule has 7 unspecified atom stereocenters. The van der Waals surface area contributed by atoms with Gasteiger partial charge in [-0.05, 0) is 57.4 Å². The van der Waals surface area contributed by atoms with E-state index in [-0.39, 0.29) is 48.3 Å². The molecule has 2 aliphatic heterocycles. The van der Waals surface area contributed by atoms with E-state index < -0.39 is 0 Å². The minimum Gasteiger partial charge on any atom is -0.458 e. The molecule has 1 saturated heterocycles. The van der Waals surface area contributed by atoms with Crippen molar-refractivity contribution in [3.05, 3.63) is 36.0 Å². The zero-order valence-electron chi connectivity index (χ0n) is 22.6. The van der Waals surface area contributed by atoms with Crippen LogP contribution in [0.2, 0.25) is 0 Å². The second-order valence-corrected chi connectivity index (χ2v) is 10.4. The highest BCUT2D eigenvalue weighted by molar-refractivity contribution is 5.76. The molecule has 7 atom stereocenters. The van der Waals surface area contributed by atoms with Crippen LogP contribution in [0.1, 0.15) is 86.0 Å². The van der Waals surface area contributed by atoms with Gasteiger partial charge in [-0.1, -0.05) is 57.1 Å². The van der Waals surface area contributed by atoms with Crippen molar-refractivity contribution in [3.8, 4) is 0 Å². The molecule has 2 aliphatic rings. The number of ether oxygens (including phenoxy) is 2. The van der Waals surface area contributed by atoms with Crippen molar-refractivity contribution < 1.29 is 24.2 Å². The fourth-order valence-electron chi connectivity index (χ4n) is 4.92. The molecule has 6 nitrogen and oxygen atoms in total. The van der Waals surface area contributed by atoms with Crippen LogP contribution in [0.4, 0.5) is 0 Å². The summed E-state index contributed by atoms with van der Waals surface area (Å²) in [5.41, 5.74) is 1.12. The van der Waals surface area contributed by atoms with E-state index in [0.717, 1.165) is 44.1 Å². The Labute approximate surface area is 212 Å². The van der Waals surface area contributed by atoms with Crippen molar-refractivity contribution in [1.29, 1.82) is 0 Å². The predicted octanol–water partition coefficient (Wildman–Crippen LogP) is 5.36. The third-order valence-electron chi connectivity index (χ3n) is 7.36. The standard InChI is InChI=1S/C29H47NO5/c1-7-26(32)22(4)29-27(35-29)19-20(2)13-11-14-21(3)25-17-12-16-24(34-23(5)31)15-9-8-10-18-28(33)30(25)6/h11-14,16,20,22,24-27,29,32H,7-10,15,17-19H2,1-6H3/b13-11+,16-12+,21-14+. The van der Waals surface area contributed by atoms with Crippen molar-refractivity contribution >= 4 is 11.9 Å². The van der Waals surface area contributed by atoms with Crippen molar-refractivity contribution in [2.75, 3.05) is 7.05 Å². The Bertz CT molecular complexity index is 773. The number of likely N-dealkylation sites (N-methyl/N-ethyl adjacent to an activating group) is 1. The van der Waals surface area contributed by atoms with Crippen LogP contribution in [0.3, 0.4) is 0 Å². The molecule has 0 bridgehead atoms. The van der Waals surface area contributed by atoms with Crippen LogP contribution in [0.5, 0.6) is 0 Å². The Morgan fingerprint density at radius 1 is 1.29 bits per heavy atom. The first-order valence-electron chi connectivity index (χ1n) is 13.4. The van der Waals surface area contributed by atoms with Crippen LogP contribution in [-0.4, -0.2) is 59.4 Å². The van der Waals surface area contributed by atoms with E-state index in [1.807, 2.05) is 31.0 Å². The van der Waals surface area contributed by atoms with Gasteiger partial charge in [0.15, 0.2) is 0 Å². The number of carbonyl (C=O) groups excluding carboxylic acids is 2. The molecule has 6 heteroatoms. The number of epoxide rings is 1. The summed E-state index contributed by atoms with van der Waals surface area (Å²) >= 11 is 0. The van der Waals surface area contributed by atoms with Crippen LogP contribution in [0, 0.1) is 11.8 Å². The second kappa shape index (κ2) is 14.6. The number of esters is 1. The molecule has 0 saturated carbocycles. The molecule has 2 rings (SSSR count). The second-order valence-electron chi connectivity index (χ2n) is 10.4. The Balaban J connectivity index is 2.00. The first kappa shape index (κ1) is 29.3. The molecule has 0 spiro atoms. The highest BCUT2D eigenvalue weighted by Gasteiger charge is 2.44. The molecule has 0 aromatic rings. The number of hydrogen-bond acceptors (Lipinski definition) is 5. The van der Waals surface area contributed by atoms with Crippen LogP contribution < -0.4 is 0 Å². The summed E-state index contributed by atoms with van der Waals surface area (Å²) in [5.74, 6) is 0.446. The van der Waals surface area contributed by atoms with Gasteiger partial charge < -0.3 is 19.5 Å². The summed E-state index contributed by atoms with van der Waals surface area (Å²) in [5, 5.41) is 10.1. The lowest BCUT2D eigenvalue weighted by molar-refractivity contribution is -0.144. The maximum Gasteiger partial charge on any atom is 0.303 e. The van der Waals surface area contributed by atoms with E-state index in [1.165, 1.54) is 6.92 Å². The average Bonchev–Trinajstić information content (AvgIpc) is 3.57. The Kier molecular flexibility index (Phi) is 12.2. The Morgan fingerprint density at radius 3 is 2.71 bits per heavy atom. The number of carbonyl (C=O) groups is 2. The first-order valence-corrected chi connectivity index (χ1v) is 13.4. The van der Waals surface area contributed by atoms with E-state index in [1.54, 1.807) is 0 Å². The van der Waals surface area contributed by atoms with E-state index in [0.29, 0.717) is 18.8 Å². The van der Waals surface area contributed by atoms with E-state index >= 15 is 0 Å². The lowest BCUT2D eigenvalue weighted by Gasteiger charge is -2.29. The quantitative estimate of drug-likeness (QED) is 0.204. The van der Waals surface area contributed by atoms with Gasteiger partial charge in [-0.15, -0.1) is 0 Å². The molecule has 0 aliphatic carbocycles. The molecule has 1 N–H and O–H groups in total. The predicted molar refractivity (Wildman–Crippen MR) is 140 cm³/mol. The van der Waals surface area contributed by atoms with Gasteiger partial charge in [0, 0.05) is 26.3 Å².